The number of rotatable bonds is 2. The van der Waals surface area contributed by atoms with Gasteiger partial charge >= 0.3 is 0 Å². The van der Waals surface area contributed by atoms with Crippen molar-refractivity contribution in [2.24, 2.45) is 11.3 Å². The van der Waals surface area contributed by atoms with E-state index in [2.05, 4.69) is 20.8 Å². The third-order valence-corrected chi connectivity index (χ3v) is 4.19. The van der Waals surface area contributed by atoms with E-state index in [1.807, 2.05) is 0 Å². The summed E-state index contributed by atoms with van der Waals surface area (Å²) in [7, 11) is 0. The van der Waals surface area contributed by atoms with Crippen LogP contribution < -0.4 is 10.6 Å². The largest absolute Gasteiger partial charge is 0.317 e. The molecular weight excluding hydrogens is 252 g/mol. The molecule has 0 aromatic carbocycles. The molecule has 3 rings (SSSR count). The molecule has 96 valence electrons. The second-order valence-electron chi connectivity index (χ2n) is 5.10. The van der Waals surface area contributed by atoms with E-state index < -0.39 is 0 Å². The third kappa shape index (κ3) is 2.20. The molecule has 1 aromatic rings. The molecule has 1 aliphatic carbocycles. The van der Waals surface area contributed by atoms with Crippen molar-refractivity contribution in [3.05, 3.63) is 17.3 Å². The maximum atomic E-state index is 12.1. The Kier molecular flexibility index (Phi) is 2.95. The summed E-state index contributed by atoms with van der Waals surface area (Å²) in [6, 6.07) is 3.29. The van der Waals surface area contributed by atoms with E-state index >= 15 is 0 Å². The van der Waals surface area contributed by atoms with Gasteiger partial charge in [0.05, 0.1) is 0 Å². The zero-order valence-electron chi connectivity index (χ0n) is 9.95. The molecule has 1 aliphatic heterocycles. The first-order chi connectivity index (χ1) is 8.70. The lowest BCUT2D eigenvalue weighted by molar-refractivity contribution is -0.118. The summed E-state index contributed by atoms with van der Waals surface area (Å²) in [6.07, 6.45) is 3.19. The first-order valence-corrected chi connectivity index (χ1v) is 6.58. The van der Waals surface area contributed by atoms with Crippen LogP contribution in [0.25, 0.3) is 0 Å². The molecule has 1 atom stereocenters. The van der Waals surface area contributed by atoms with Gasteiger partial charge in [-0.25, -0.2) is 0 Å². The van der Waals surface area contributed by atoms with E-state index in [9.17, 15) is 4.79 Å². The molecule has 18 heavy (non-hydrogen) atoms. The maximum absolute atomic E-state index is 12.1. The summed E-state index contributed by atoms with van der Waals surface area (Å²) >= 11 is 5.65. The average Bonchev–Trinajstić information content (AvgIpc) is 3.07. The Hall–Kier alpha value is -1.20. The van der Waals surface area contributed by atoms with E-state index in [0.717, 1.165) is 32.4 Å². The topological polar surface area (TPSA) is 66.9 Å². The number of anilines is 1. The van der Waals surface area contributed by atoms with E-state index in [0.29, 0.717) is 11.0 Å². The number of carbonyl (C=O) groups excluding carboxylic acids is 1. The highest BCUT2D eigenvalue weighted by Gasteiger charge is 2.57. The molecule has 2 heterocycles. The Bertz CT molecular complexity index is 456. The lowest BCUT2D eigenvalue weighted by atomic mass is 9.92. The first-order valence-electron chi connectivity index (χ1n) is 6.20. The van der Waals surface area contributed by atoms with Gasteiger partial charge in [-0.15, -0.1) is 10.2 Å². The van der Waals surface area contributed by atoms with Crippen LogP contribution in [0, 0.1) is 11.3 Å². The predicted octanol–water partition coefficient (Wildman–Crippen LogP) is 1.46. The highest BCUT2D eigenvalue weighted by atomic mass is 35.5. The molecule has 1 unspecified atom stereocenters. The van der Waals surface area contributed by atoms with Crippen molar-refractivity contribution in [3.8, 4) is 0 Å². The zero-order chi connectivity index (χ0) is 12.6. The minimum atomic E-state index is 0.0634. The van der Waals surface area contributed by atoms with Gasteiger partial charge in [-0.1, -0.05) is 11.6 Å². The van der Waals surface area contributed by atoms with Crippen LogP contribution in [-0.4, -0.2) is 29.2 Å². The van der Waals surface area contributed by atoms with Gasteiger partial charge in [0, 0.05) is 5.92 Å². The number of carbonyl (C=O) groups is 1. The minimum Gasteiger partial charge on any atom is -0.317 e. The fraction of sp³-hybridized carbons (Fsp3) is 0.583. The Labute approximate surface area is 110 Å². The summed E-state index contributed by atoms with van der Waals surface area (Å²) in [5, 5.41) is 14.0. The highest BCUT2D eigenvalue weighted by molar-refractivity contribution is 6.29. The van der Waals surface area contributed by atoms with Crippen molar-refractivity contribution in [2.45, 2.75) is 19.3 Å². The number of amides is 1. The molecule has 1 amide bonds. The molecule has 6 heteroatoms. The monoisotopic (exact) mass is 266 g/mol. The molecule has 1 saturated heterocycles. The van der Waals surface area contributed by atoms with Crippen LogP contribution in [0.2, 0.25) is 5.15 Å². The van der Waals surface area contributed by atoms with Crippen LogP contribution in [0.15, 0.2) is 12.1 Å². The van der Waals surface area contributed by atoms with E-state index in [1.165, 1.54) is 0 Å². The number of hydrogen-bond donors (Lipinski definition) is 2. The number of nitrogens with zero attached hydrogens (tertiary/aromatic N) is 2. The van der Waals surface area contributed by atoms with Crippen molar-refractivity contribution in [1.82, 2.24) is 15.5 Å². The molecule has 2 fully saturated rings. The molecule has 1 saturated carbocycles. The van der Waals surface area contributed by atoms with Crippen molar-refractivity contribution in [2.75, 3.05) is 18.4 Å². The van der Waals surface area contributed by atoms with Gasteiger partial charge < -0.3 is 10.6 Å². The quantitative estimate of drug-likeness (QED) is 0.850. The maximum Gasteiger partial charge on any atom is 0.229 e. The summed E-state index contributed by atoms with van der Waals surface area (Å²) in [5.74, 6) is 0.672. The second-order valence-corrected chi connectivity index (χ2v) is 5.49. The Balaban J connectivity index is 1.61. The van der Waals surface area contributed by atoms with Crippen molar-refractivity contribution in [1.29, 1.82) is 0 Å². The molecular formula is C12H15ClN4O. The van der Waals surface area contributed by atoms with E-state index in [1.54, 1.807) is 12.1 Å². The van der Waals surface area contributed by atoms with Crippen LogP contribution in [0.5, 0.6) is 0 Å². The summed E-state index contributed by atoms with van der Waals surface area (Å²) < 4.78 is 0. The van der Waals surface area contributed by atoms with Crippen molar-refractivity contribution >= 4 is 23.3 Å². The van der Waals surface area contributed by atoms with Gasteiger partial charge in [-0.3, -0.25) is 4.79 Å². The predicted molar refractivity (Wildman–Crippen MR) is 68.3 cm³/mol. The molecule has 0 bridgehead atoms. The molecule has 1 aromatic heterocycles. The molecule has 5 nitrogen and oxygen atoms in total. The smallest absolute Gasteiger partial charge is 0.229 e. The zero-order valence-corrected chi connectivity index (χ0v) is 10.7. The van der Waals surface area contributed by atoms with Crippen LogP contribution in [0.1, 0.15) is 19.3 Å². The lowest BCUT2D eigenvalue weighted by Crippen LogP contribution is -2.31. The van der Waals surface area contributed by atoms with Crippen LogP contribution in [0.3, 0.4) is 0 Å². The SMILES string of the molecule is O=C(Nc1ccc(Cl)nn1)C1CC12CCNCC2. The third-order valence-electron chi connectivity index (χ3n) is 3.99. The molecule has 2 aliphatic rings. The van der Waals surface area contributed by atoms with Gasteiger partial charge in [-0.05, 0) is 49.9 Å². The van der Waals surface area contributed by atoms with Gasteiger partial charge in [0.2, 0.25) is 5.91 Å². The second kappa shape index (κ2) is 4.48. The highest BCUT2D eigenvalue weighted by Crippen LogP contribution is 2.58. The molecule has 1 spiro atoms. The number of piperidine rings is 1. The standard InChI is InChI=1S/C12H15ClN4O/c13-9-1-2-10(17-16-9)15-11(18)8-7-12(8)3-5-14-6-4-12/h1-2,8,14H,3-7H2,(H,15,17,18). The number of halogens is 1. The van der Waals surface area contributed by atoms with Gasteiger partial charge in [0.25, 0.3) is 0 Å². The Morgan fingerprint density at radius 1 is 1.39 bits per heavy atom. The first kappa shape index (κ1) is 11.9. The fourth-order valence-corrected chi connectivity index (χ4v) is 2.89. The number of nitrogens with one attached hydrogen (secondary N) is 2. The van der Waals surface area contributed by atoms with Gasteiger partial charge in [0.1, 0.15) is 0 Å². The Morgan fingerprint density at radius 3 is 2.83 bits per heavy atom. The Morgan fingerprint density at radius 2 is 2.17 bits per heavy atom. The van der Waals surface area contributed by atoms with E-state index in [4.69, 9.17) is 11.6 Å². The van der Waals surface area contributed by atoms with Crippen LogP contribution in [0.4, 0.5) is 5.82 Å². The molecule has 0 radical (unpaired) electrons. The van der Waals surface area contributed by atoms with E-state index in [-0.39, 0.29) is 17.2 Å². The molecule has 2 N–H and O–H groups in total. The average molecular weight is 267 g/mol. The van der Waals surface area contributed by atoms with Gasteiger partial charge in [0.15, 0.2) is 11.0 Å². The summed E-state index contributed by atoms with van der Waals surface area (Å²) in [5.41, 5.74) is 0.245. The van der Waals surface area contributed by atoms with Crippen molar-refractivity contribution < 1.29 is 4.79 Å². The number of hydrogen-bond acceptors (Lipinski definition) is 4. The number of aromatic nitrogens is 2. The minimum absolute atomic E-state index is 0.0634. The lowest BCUT2D eigenvalue weighted by Gasteiger charge is -2.23. The normalized spacial score (nSPS) is 24.8. The van der Waals surface area contributed by atoms with Crippen LogP contribution in [-0.2, 0) is 4.79 Å². The van der Waals surface area contributed by atoms with Crippen molar-refractivity contribution in [3.63, 3.8) is 0 Å². The summed E-state index contributed by atoms with van der Waals surface area (Å²) in [6.45, 7) is 2.04. The van der Waals surface area contributed by atoms with Crippen LogP contribution >= 0.6 is 11.6 Å². The summed E-state index contributed by atoms with van der Waals surface area (Å²) in [4.78, 5) is 12.1. The van der Waals surface area contributed by atoms with Gasteiger partial charge in [-0.2, -0.15) is 0 Å². The fourth-order valence-electron chi connectivity index (χ4n) is 2.79.